The Labute approximate surface area is 270 Å². The minimum Gasteiger partial charge on any atom is -0.357 e. The summed E-state index contributed by atoms with van der Waals surface area (Å²) in [6.07, 6.45) is 0.204. The first-order chi connectivity index (χ1) is 20.5. The molecule has 0 aliphatic heterocycles. The van der Waals surface area contributed by atoms with Crippen molar-refractivity contribution in [3.05, 3.63) is 128 Å². The van der Waals surface area contributed by atoms with Crippen LogP contribution >= 0.6 is 39.1 Å². The second-order valence-corrected chi connectivity index (χ2v) is 13.5. The number of halogens is 3. The van der Waals surface area contributed by atoms with Gasteiger partial charge < -0.3 is 10.2 Å². The molecule has 0 aromatic heterocycles. The van der Waals surface area contributed by atoms with Crippen molar-refractivity contribution in [2.45, 2.75) is 30.8 Å². The molecule has 1 unspecified atom stereocenters. The van der Waals surface area contributed by atoms with Gasteiger partial charge in [0.15, 0.2) is 0 Å². The number of likely N-dealkylation sites (N-methyl/N-ethyl adjacent to an activating group) is 1. The zero-order valence-corrected chi connectivity index (χ0v) is 27.4. The van der Waals surface area contributed by atoms with Crippen molar-refractivity contribution in [2.24, 2.45) is 0 Å². The first kappa shape index (κ1) is 32.5. The van der Waals surface area contributed by atoms with Crippen LogP contribution in [0.2, 0.25) is 10.0 Å². The highest BCUT2D eigenvalue weighted by Gasteiger charge is 2.34. The maximum Gasteiger partial charge on any atom is 0.264 e. The largest absolute Gasteiger partial charge is 0.357 e. The molecule has 0 bridgehead atoms. The van der Waals surface area contributed by atoms with Crippen LogP contribution in [0.15, 0.2) is 106 Å². The van der Waals surface area contributed by atoms with Gasteiger partial charge in [-0.25, -0.2) is 8.42 Å². The predicted molar refractivity (Wildman–Crippen MR) is 175 cm³/mol. The summed E-state index contributed by atoms with van der Waals surface area (Å²) in [5.74, 6) is -0.973. The third-order valence-corrected chi connectivity index (χ3v) is 9.86. The molecular weight excluding hydrogens is 673 g/mol. The highest BCUT2D eigenvalue weighted by Crippen LogP contribution is 2.28. The van der Waals surface area contributed by atoms with Gasteiger partial charge in [-0.3, -0.25) is 13.9 Å². The quantitative estimate of drug-likeness (QED) is 0.190. The van der Waals surface area contributed by atoms with Crippen molar-refractivity contribution < 1.29 is 18.0 Å². The van der Waals surface area contributed by atoms with E-state index in [-0.39, 0.29) is 23.5 Å². The summed E-state index contributed by atoms with van der Waals surface area (Å²) in [5, 5.41) is 3.31. The molecule has 43 heavy (non-hydrogen) atoms. The van der Waals surface area contributed by atoms with Crippen LogP contribution < -0.4 is 9.62 Å². The van der Waals surface area contributed by atoms with Crippen LogP contribution in [0.5, 0.6) is 0 Å². The van der Waals surface area contributed by atoms with Crippen LogP contribution in [0.3, 0.4) is 0 Å². The van der Waals surface area contributed by atoms with E-state index in [1.165, 1.54) is 24.1 Å². The lowest BCUT2D eigenvalue weighted by molar-refractivity contribution is -0.139. The Kier molecular flexibility index (Phi) is 10.9. The summed E-state index contributed by atoms with van der Waals surface area (Å²) >= 11 is 15.8. The Morgan fingerprint density at radius 2 is 1.56 bits per heavy atom. The Balaban J connectivity index is 1.80. The fraction of sp³-hybridized carbons (Fsp3) is 0.188. The lowest BCUT2D eigenvalue weighted by atomic mass is 10.0. The molecule has 2 amide bonds. The van der Waals surface area contributed by atoms with Gasteiger partial charge in [-0.2, -0.15) is 0 Å². The number of carbonyl (C=O) groups excluding carboxylic acids is 2. The standard InChI is InChI=1S/C32H30BrCl2N3O4S/c1-22-11-14-27(15-12-22)43(41,42)38(26-10-6-9-25(33)19-26)21-31(39)37(20-24-13-16-28(34)29(35)17-24)30(32(40)36-2)18-23-7-4-3-5-8-23/h3-17,19,30H,18,20-21H2,1-2H3,(H,36,40). The van der Waals surface area contributed by atoms with E-state index in [1.54, 1.807) is 54.6 Å². The van der Waals surface area contributed by atoms with Gasteiger partial charge in [-0.05, 0) is 60.5 Å². The number of sulfonamides is 1. The van der Waals surface area contributed by atoms with Gasteiger partial charge in [0.2, 0.25) is 11.8 Å². The van der Waals surface area contributed by atoms with Crippen molar-refractivity contribution in [1.29, 1.82) is 0 Å². The molecule has 7 nitrogen and oxygen atoms in total. The Hall–Kier alpha value is -3.37. The Bertz CT molecular complexity index is 1700. The maximum absolute atomic E-state index is 14.3. The summed E-state index contributed by atoms with van der Waals surface area (Å²) in [5.41, 5.74) is 2.64. The van der Waals surface area contributed by atoms with E-state index in [2.05, 4.69) is 21.2 Å². The Morgan fingerprint density at radius 1 is 0.860 bits per heavy atom. The monoisotopic (exact) mass is 701 g/mol. The number of benzene rings is 4. The van der Waals surface area contributed by atoms with Crippen LogP contribution in [0.4, 0.5) is 5.69 Å². The van der Waals surface area contributed by atoms with Crippen LogP contribution in [-0.2, 0) is 32.6 Å². The number of hydrogen-bond acceptors (Lipinski definition) is 4. The van der Waals surface area contributed by atoms with E-state index in [1.807, 2.05) is 37.3 Å². The molecule has 4 aromatic carbocycles. The number of carbonyl (C=O) groups is 2. The lowest BCUT2D eigenvalue weighted by Gasteiger charge is -2.33. The van der Waals surface area contributed by atoms with E-state index >= 15 is 0 Å². The van der Waals surface area contributed by atoms with Gasteiger partial charge in [0.25, 0.3) is 10.0 Å². The fourth-order valence-electron chi connectivity index (χ4n) is 4.55. The maximum atomic E-state index is 14.3. The summed E-state index contributed by atoms with van der Waals surface area (Å²) in [6, 6.07) is 26.4. The number of nitrogens with zero attached hydrogens (tertiary/aromatic N) is 2. The summed E-state index contributed by atoms with van der Waals surface area (Å²) in [7, 11) is -2.69. The smallest absolute Gasteiger partial charge is 0.264 e. The number of nitrogens with one attached hydrogen (secondary N) is 1. The molecule has 4 rings (SSSR count). The van der Waals surface area contributed by atoms with Gasteiger partial charge in [0, 0.05) is 24.5 Å². The number of aryl methyl sites for hydroxylation is 1. The first-order valence-corrected chi connectivity index (χ1v) is 16.3. The molecular formula is C32H30BrCl2N3O4S. The number of rotatable bonds is 11. The molecule has 0 saturated heterocycles. The average molecular weight is 703 g/mol. The number of amides is 2. The van der Waals surface area contributed by atoms with Crippen LogP contribution in [0, 0.1) is 6.92 Å². The van der Waals surface area contributed by atoms with Gasteiger partial charge >= 0.3 is 0 Å². The first-order valence-electron chi connectivity index (χ1n) is 13.3. The van der Waals surface area contributed by atoms with Gasteiger partial charge in [-0.1, -0.05) is 99.3 Å². The van der Waals surface area contributed by atoms with Gasteiger partial charge in [-0.15, -0.1) is 0 Å². The summed E-state index contributed by atoms with van der Waals surface area (Å²) in [6.45, 7) is 1.28. The van der Waals surface area contributed by atoms with E-state index < -0.39 is 34.4 Å². The highest BCUT2D eigenvalue weighted by molar-refractivity contribution is 9.10. The summed E-state index contributed by atoms with van der Waals surface area (Å²) in [4.78, 5) is 29.1. The molecule has 11 heteroatoms. The zero-order valence-electron chi connectivity index (χ0n) is 23.5. The molecule has 1 N–H and O–H groups in total. The van der Waals surface area contributed by atoms with E-state index in [0.717, 1.165) is 15.4 Å². The van der Waals surface area contributed by atoms with Crippen LogP contribution in [-0.4, -0.2) is 44.8 Å². The third-order valence-electron chi connectivity index (χ3n) is 6.84. The highest BCUT2D eigenvalue weighted by atomic mass is 79.9. The molecule has 0 spiro atoms. The topological polar surface area (TPSA) is 86.8 Å². The van der Waals surface area contributed by atoms with E-state index in [0.29, 0.717) is 20.1 Å². The SMILES string of the molecule is CNC(=O)C(Cc1ccccc1)N(Cc1ccc(Cl)c(Cl)c1)C(=O)CN(c1cccc(Br)c1)S(=O)(=O)c1ccc(C)cc1. The number of anilines is 1. The molecule has 224 valence electrons. The molecule has 0 fully saturated rings. The molecule has 1 atom stereocenters. The lowest BCUT2D eigenvalue weighted by Crippen LogP contribution is -2.53. The van der Waals surface area contributed by atoms with Crippen LogP contribution in [0.25, 0.3) is 0 Å². The van der Waals surface area contributed by atoms with Crippen molar-refractivity contribution >= 4 is 66.7 Å². The van der Waals surface area contributed by atoms with Gasteiger partial charge in [0.05, 0.1) is 20.6 Å². The Morgan fingerprint density at radius 3 is 2.19 bits per heavy atom. The van der Waals surface area contributed by atoms with E-state index in [4.69, 9.17) is 23.2 Å². The van der Waals surface area contributed by atoms with Crippen molar-refractivity contribution in [2.75, 3.05) is 17.9 Å². The normalized spacial score (nSPS) is 11.9. The second-order valence-electron chi connectivity index (χ2n) is 9.89. The molecule has 0 heterocycles. The second kappa shape index (κ2) is 14.4. The zero-order chi connectivity index (χ0) is 31.1. The minimum atomic E-state index is -4.19. The van der Waals surface area contributed by atoms with E-state index in [9.17, 15) is 18.0 Å². The molecule has 0 aliphatic carbocycles. The number of hydrogen-bond donors (Lipinski definition) is 1. The average Bonchev–Trinajstić information content (AvgIpc) is 2.99. The molecule has 0 radical (unpaired) electrons. The molecule has 0 aliphatic rings. The van der Waals surface area contributed by atoms with Crippen molar-refractivity contribution in [1.82, 2.24) is 10.2 Å². The minimum absolute atomic E-state index is 0.0163. The van der Waals surface area contributed by atoms with Gasteiger partial charge in [0.1, 0.15) is 12.6 Å². The molecule has 0 saturated carbocycles. The third kappa shape index (κ3) is 8.17. The van der Waals surface area contributed by atoms with Crippen molar-refractivity contribution in [3.63, 3.8) is 0 Å². The summed E-state index contributed by atoms with van der Waals surface area (Å²) < 4.78 is 29.8. The predicted octanol–water partition coefficient (Wildman–Crippen LogP) is 6.65. The fourth-order valence-corrected chi connectivity index (χ4v) is 6.67. The molecule has 4 aromatic rings. The van der Waals surface area contributed by atoms with Crippen LogP contribution in [0.1, 0.15) is 16.7 Å². The van der Waals surface area contributed by atoms with Crippen molar-refractivity contribution in [3.8, 4) is 0 Å².